The minimum Gasteiger partial charge on any atom is -0.341 e. The van der Waals surface area contributed by atoms with Gasteiger partial charge in [0.05, 0.1) is 17.6 Å². The number of carbonyl (C=O) groups is 1. The predicted octanol–water partition coefficient (Wildman–Crippen LogP) is 5.28. The van der Waals surface area contributed by atoms with E-state index in [1.807, 2.05) is 24.3 Å². The molecule has 1 N–H and O–H groups in total. The molecule has 1 aliphatic rings. The van der Waals surface area contributed by atoms with Crippen molar-refractivity contribution in [3.8, 4) is 6.07 Å². The Kier molecular flexibility index (Phi) is 5.78. The first-order chi connectivity index (χ1) is 13.1. The van der Waals surface area contributed by atoms with Crippen molar-refractivity contribution >= 4 is 23.3 Å². The number of nitrogens with one attached hydrogen (secondary N) is 1. The maximum absolute atomic E-state index is 12.4. The second kappa shape index (κ2) is 8.24. The molecule has 1 atom stereocenters. The van der Waals surface area contributed by atoms with Crippen LogP contribution in [0.3, 0.4) is 0 Å². The van der Waals surface area contributed by atoms with E-state index in [4.69, 9.17) is 11.6 Å². The van der Waals surface area contributed by atoms with Crippen molar-refractivity contribution in [2.24, 2.45) is 0 Å². The number of carbonyl (C=O) groups excluding carboxylic acids is 1. The van der Waals surface area contributed by atoms with Gasteiger partial charge in [0.1, 0.15) is 0 Å². The number of fused-ring (bicyclic) bond motifs is 1. The predicted molar refractivity (Wildman–Crippen MR) is 107 cm³/mol. The number of hydrogen-bond acceptors (Lipinski definition) is 4. The zero-order chi connectivity index (χ0) is 19.4. The highest BCUT2D eigenvalue weighted by Crippen LogP contribution is 2.43. The second-order valence-corrected chi connectivity index (χ2v) is 6.84. The first-order valence-corrected chi connectivity index (χ1v) is 9.36. The number of aromatic nitrogens is 2. The van der Waals surface area contributed by atoms with E-state index in [1.54, 1.807) is 12.3 Å². The number of nitrogens with zero attached hydrogens (tertiary/aromatic N) is 3. The molecule has 2 aromatic rings. The van der Waals surface area contributed by atoms with Crippen LogP contribution in [0.15, 0.2) is 54.4 Å². The van der Waals surface area contributed by atoms with Gasteiger partial charge in [-0.15, -0.1) is 11.7 Å². The maximum atomic E-state index is 12.4. The molecule has 1 aromatic heterocycles. The van der Waals surface area contributed by atoms with Crippen molar-refractivity contribution in [3.05, 3.63) is 70.5 Å². The third-order valence-corrected chi connectivity index (χ3v) is 4.94. The van der Waals surface area contributed by atoms with Gasteiger partial charge in [-0.05, 0) is 24.5 Å². The summed E-state index contributed by atoms with van der Waals surface area (Å²) >= 11 is 6.45. The van der Waals surface area contributed by atoms with Gasteiger partial charge >= 0.3 is 0 Å². The fourth-order valence-electron chi connectivity index (χ4n) is 3.31. The van der Waals surface area contributed by atoms with Gasteiger partial charge in [-0.2, -0.15) is 5.26 Å². The van der Waals surface area contributed by atoms with Gasteiger partial charge in [-0.25, -0.2) is 4.68 Å². The molecule has 0 aliphatic carbocycles. The number of nitriles is 1. The van der Waals surface area contributed by atoms with E-state index in [0.717, 1.165) is 29.7 Å². The molecule has 0 saturated carbocycles. The van der Waals surface area contributed by atoms with Gasteiger partial charge in [0.15, 0.2) is 5.82 Å². The molecule has 1 aliphatic heterocycles. The SMILES string of the molecule is C=CCCC(=O)n1cc2c(n1)NC(CCC)=C(C#N)C2c1ccccc1Cl. The van der Waals surface area contributed by atoms with Crippen molar-refractivity contribution in [1.82, 2.24) is 9.78 Å². The Balaban J connectivity index is 2.13. The zero-order valence-corrected chi connectivity index (χ0v) is 16.0. The summed E-state index contributed by atoms with van der Waals surface area (Å²) in [6.45, 7) is 5.71. The summed E-state index contributed by atoms with van der Waals surface area (Å²) in [4.78, 5) is 12.4. The molecule has 0 spiro atoms. The molecule has 138 valence electrons. The Morgan fingerprint density at radius 1 is 1.44 bits per heavy atom. The van der Waals surface area contributed by atoms with Gasteiger partial charge in [0.25, 0.3) is 0 Å². The summed E-state index contributed by atoms with van der Waals surface area (Å²) in [7, 11) is 0. The third kappa shape index (κ3) is 3.67. The molecule has 1 aromatic carbocycles. The second-order valence-electron chi connectivity index (χ2n) is 6.43. The van der Waals surface area contributed by atoms with E-state index >= 15 is 0 Å². The fourth-order valence-corrected chi connectivity index (χ4v) is 3.56. The largest absolute Gasteiger partial charge is 0.341 e. The van der Waals surface area contributed by atoms with Gasteiger partial charge in [-0.1, -0.05) is 49.2 Å². The number of hydrogen-bond donors (Lipinski definition) is 1. The Bertz CT molecular complexity index is 951. The molecule has 0 fully saturated rings. The molecule has 6 heteroatoms. The zero-order valence-electron chi connectivity index (χ0n) is 15.2. The van der Waals surface area contributed by atoms with Gasteiger partial charge in [0, 0.05) is 28.9 Å². The lowest BCUT2D eigenvalue weighted by Crippen LogP contribution is -2.18. The third-order valence-electron chi connectivity index (χ3n) is 4.59. The van der Waals surface area contributed by atoms with Crippen molar-refractivity contribution in [3.63, 3.8) is 0 Å². The summed E-state index contributed by atoms with van der Waals surface area (Å²) in [5, 5.41) is 18.2. The topological polar surface area (TPSA) is 70.7 Å². The molecule has 0 radical (unpaired) electrons. The maximum Gasteiger partial charge on any atom is 0.247 e. The highest BCUT2D eigenvalue weighted by molar-refractivity contribution is 6.31. The lowest BCUT2D eigenvalue weighted by Gasteiger charge is -2.26. The summed E-state index contributed by atoms with van der Waals surface area (Å²) in [5.74, 6) is 0.149. The molecular weight excluding hydrogens is 360 g/mol. The monoisotopic (exact) mass is 380 g/mol. The first-order valence-electron chi connectivity index (χ1n) is 8.98. The Morgan fingerprint density at radius 3 is 2.89 bits per heavy atom. The summed E-state index contributed by atoms with van der Waals surface area (Å²) in [6, 6.07) is 9.84. The van der Waals surface area contributed by atoms with E-state index in [1.165, 1.54) is 4.68 Å². The molecule has 0 amide bonds. The summed E-state index contributed by atoms with van der Waals surface area (Å²) < 4.78 is 1.36. The molecule has 5 nitrogen and oxygen atoms in total. The van der Waals surface area contributed by atoms with Crippen LogP contribution in [0.5, 0.6) is 0 Å². The highest BCUT2D eigenvalue weighted by atomic mass is 35.5. The van der Waals surface area contributed by atoms with E-state index in [9.17, 15) is 10.1 Å². The van der Waals surface area contributed by atoms with Crippen molar-refractivity contribution < 1.29 is 4.79 Å². The molecule has 0 saturated heterocycles. The Labute approximate surface area is 163 Å². The van der Waals surface area contributed by atoms with Gasteiger partial charge in [-0.3, -0.25) is 4.79 Å². The number of benzene rings is 1. The van der Waals surface area contributed by atoms with Crippen LogP contribution in [0.1, 0.15) is 54.4 Å². The van der Waals surface area contributed by atoms with Crippen LogP contribution in [0, 0.1) is 11.3 Å². The van der Waals surface area contributed by atoms with Crippen LogP contribution < -0.4 is 5.32 Å². The van der Waals surface area contributed by atoms with Crippen molar-refractivity contribution in [2.75, 3.05) is 5.32 Å². The van der Waals surface area contributed by atoms with Crippen molar-refractivity contribution in [2.45, 2.75) is 38.5 Å². The van der Waals surface area contributed by atoms with E-state index in [2.05, 4.69) is 30.0 Å². The smallest absolute Gasteiger partial charge is 0.247 e. The van der Waals surface area contributed by atoms with Crippen molar-refractivity contribution in [1.29, 1.82) is 5.26 Å². The van der Waals surface area contributed by atoms with Gasteiger partial charge in [0.2, 0.25) is 5.91 Å². The Morgan fingerprint density at radius 2 is 2.22 bits per heavy atom. The van der Waals surface area contributed by atoms with Crippen LogP contribution >= 0.6 is 11.6 Å². The minimum atomic E-state index is -0.345. The highest BCUT2D eigenvalue weighted by Gasteiger charge is 2.33. The summed E-state index contributed by atoms with van der Waals surface area (Å²) in [5.41, 5.74) is 3.08. The minimum absolute atomic E-state index is 0.112. The van der Waals surface area contributed by atoms with E-state index in [0.29, 0.717) is 29.3 Å². The lowest BCUT2D eigenvalue weighted by atomic mass is 9.82. The lowest BCUT2D eigenvalue weighted by molar-refractivity contribution is 0.0888. The summed E-state index contributed by atoms with van der Waals surface area (Å²) in [6.07, 6.45) is 5.95. The number of anilines is 1. The molecule has 0 bridgehead atoms. The average molecular weight is 381 g/mol. The normalized spacial score (nSPS) is 15.7. The first kappa shape index (κ1) is 18.9. The van der Waals surface area contributed by atoms with E-state index in [-0.39, 0.29) is 11.8 Å². The van der Waals surface area contributed by atoms with Crippen LogP contribution in [0.2, 0.25) is 5.02 Å². The average Bonchev–Trinajstić information content (AvgIpc) is 3.09. The van der Waals surface area contributed by atoms with Crippen LogP contribution in [0.4, 0.5) is 5.82 Å². The standard InChI is InChI=1S/C21H21ClN4O/c1-3-5-11-19(27)26-13-16-20(14-9-6-7-10-17(14)22)15(12-23)18(8-4-2)24-21(16)25-26/h3,6-7,9-10,13,20H,1,4-5,8,11H2,2H3,(H,24,25). The van der Waals surface area contributed by atoms with E-state index < -0.39 is 0 Å². The molecule has 3 rings (SSSR count). The molecule has 27 heavy (non-hydrogen) atoms. The number of allylic oxidation sites excluding steroid dienone is 3. The van der Waals surface area contributed by atoms with Crippen LogP contribution in [-0.4, -0.2) is 15.7 Å². The Hall–Kier alpha value is -2.84. The fraction of sp³-hybridized carbons (Fsp3) is 0.286. The number of rotatable bonds is 6. The molecule has 2 heterocycles. The quantitative estimate of drug-likeness (QED) is 0.692. The molecular formula is C21H21ClN4O. The van der Waals surface area contributed by atoms with Crippen LogP contribution in [0.25, 0.3) is 0 Å². The molecule has 1 unspecified atom stereocenters. The number of halogens is 1. The van der Waals surface area contributed by atoms with Crippen LogP contribution in [-0.2, 0) is 0 Å². The van der Waals surface area contributed by atoms with Gasteiger partial charge < -0.3 is 5.32 Å².